The summed E-state index contributed by atoms with van der Waals surface area (Å²) in [6.07, 6.45) is 4.26. The van der Waals surface area contributed by atoms with E-state index in [1.807, 2.05) is 18.2 Å². The van der Waals surface area contributed by atoms with Gasteiger partial charge in [-0.25, -0.2) is 13.1 Å². The number of fused-ring (bicyclic) bond motifs is 1. The van der Waals surface area contributed by atoms with Crippen molar-refractivity contribution < 1.29 is 13.2 Å². The zero-order valence-electron chi connectivity index (χ0n) is 12.5. The highest BCUT2D eigenvalue weighted by molar-refractivity contribution is 7.90. The Labute approximate surface area is 138 Å². The van der Waals surface area contributed by atoms with E-state index in [1.54, 1.807) is 0 Å². The van der Waals surface area contributed by atoms with Gasteiger partial charge in [0.2, 0.25) is 10.0 Å². The predicted molar refractivity (Wildman–Crippen MR) is 89.7 cm³/mol. The molecule has 3 N–H and O–H groups in total. The molecule has 22 heavy (non-hydrogen) atoms. The van der Waals surface area contributed by atoms with Gasteiger partial charge in [0.25, 0.3) is 0 Å². The Balaban J connectivity index is 0.00000176. The summed E-state index contributed by atoms with van der Waals surface area (Å²) in [5, 5.41) is -0.426. The summed E-state index contributed by atoms with van der Waals surface area (Å²) >= 11 is 0. The molecule has 1 saturated heterocycles. The minimum atomic E-state index is -3.34. The number of aryl methyl sites for hydroxylation is 1. The van der Waals surface area contributed by atoms with Gasteiger partial charge in [0.05, 0.1) is 11.9 Å². The molecule has 0 saturated carbocycles. The fourth-order valence-electron chi connectivity index (χ4n) is 3.21. The fraction of sp³-hybridized carbons (Fsp3) is 0.600. The van der Waals surface area contributed by atoms with Crippen LogP contribution < -0.4 is 10.5 Å². The second kappa shape index (κ2) is 7.17. The van der Waals surface area contributed by atoms with Gasteiger partial charge in [0.15, 0.2) is 0 Å². The van der Waals surface area contributed by atoms with Crippen molar-refractivity contribution in [3.63, 3.8) is 0 Å². The molecule has 1 heterocycles. The lowest BCUT2D eigenvalue weighted by atomic mass is 9.88. The molecule has 0 radical (unpaired) electrons. The molecule has 1 aromatic carbocycles. The molecular formula is C15H23ClN2O3S. The number of ether oxygens (including phenoxy) is 1. The van der Waals surface area contributed by atoms with E-state index in [0.29, 0.717) is 19.6 Å². The maximum absolute atomic E-state index is 12.5. The van der Waals surface area contributed by atoms with E-state index < -0.39 is 15.3 Å². The van der Waals surface area contributed by atoms with Crippen LogP contribution in [0.2, 0.25) is 0 Å². The third kappa shape index (κ3) is 3.74. The molecule has 1 aliphatic heterocycles. The van der Waals surface area contributed by atoms with Gasteiger partial charge in [0.1, 0.15) is 0 Å². The third-order valence-corrected chi connectivity index (χ3v) is 6.21. The quantitative estimate of drug-likeness (QED) is 0.822. The summed E-state index contributed by atoms with van der Waals surface area (Å²) in [5.74, 6) is 0. The second-order valence-corrected chi connectivity index (χ2v) is 7.90. The maximum atomic E-state index is 12.5. The summed E-state index contributed by atoms with van der Waals surface area (Å²) in [7, 11) is -3.34. The zero-order chi connectivity index (χ0) is 14.9. The Morgan fingerprint density at radius 3 is 2.77 bits per heavy atom. The Bertz CT molecular complexity index is 615. The molecule has 3 rings (SSSR count). The normalized spacial score (nSPS) is 25.1. The monoisotopic (exact) mass is 346 g/mol. The minimum Gasteiger partial charge on any atom is -0.399 e. The average molecular weight is 347 g/mol. The van der Waals surface area contributed by atoms with Gasteiger partial charge >= 0.3 is 0 Å². The second-order valence-electron chi connectivity index (χ2n) is 5.91. The molecule has 2 atom stereocenters. The van der Waals surface area contributed by atoms with Crippen LogP contribution in [0, 0.1) is 0 Å². The molecule has 0 bridgehead atoms. The highest BCUT2D eigenvalue weighted by Gasteiger charge is 2.32. The van der Waals surface area contributed by atoms with Gasteiger partial charge < -0.3 is 10.5 Å². The van der Waals surface area contributed by atoms with Crippen molar-refractivity contribution in [3.05, 3.63) is 29.3 Å². The first-order valence-corrected chi connectivity index (χ1v) is 9.08. The first kappa shape index (κ1) is 17.5. The standard InChI is InChI=1S/C15H22N2O3S.ClH/c16-12-6-7-14-11(9-12)3-1-5-15(14)17-21(18,19)13-4-2-8-20-10-13;/h6-7,9,13,15,17H,1-5,8,10,16H2;1H. The molecule has 1 aliphatic carbocycles. The molecule has 7 heteroatoms. The number of nitrogen functional groups attached to an aromatic ring is 1. The van der Waals surface area contributed by atoms with Gasteiger partial charge in [-0.15, -0.1) is 12.4 Å². The first-order chi connectivity index (χ1) is 10.1. The number of nitrogens with one attached hydrogen (secondary N) is 1. The Hall–Kier alpha value is -0.820. The van der Waals surface area contributed by atoms with Crippen molar-refractivity contribution in [1.82, 2.24) is 4.72 Å². The van der Waals surface area contributed by atoms with Crippen molar-refractivity contribution in [3.8, 4) is 0 Å². The molecule has 0 amide bonds. The van der Waals surface area contributed by atoms with Gasteiger partial charge in [-0.3, -0.25) is 0 Å². The van der Waals surface area contributed by atoms with Crippen LogP contribution in [0.5, 0.6) is 0 Å². The molecular weight excluding hydrogens is 324 g/mol. The molecule has 2 unspecified atom stereocenters. The first-order valence-electron chi connectivity index (χ1n) is 7.53. The zero-order valence-corrected chi connectivity index (χ0v) is 14.1. The highest BCUT2D eigenvalue weighted by atomic mass is 35.5. The Morgan fingerprint density at radius 2 is 2.05 bits per heavy atom. The molecule has 5 nitrogen and oxygen atoms in total. The van der Waals surface area contributed by atoms with Crippen molar-refractivity contribution in [2.75, 3.05) is 18.9 Å². The minimum absolute atomic E-state index is 0. The summed E-state index contributed by atoms with van der Waals surface area (Å²) in [4.78, 5) is 0. The van der Waals surface area contributed by atoms with E-state index >= 15 is 0 Å². The van der Waals surface area contributed by atoms with Crippen molar-refractivity contribution in [2.45, 2.75) is 43.4 Å². The molecule has 0 spiro atoms. The molecule has 1 fully saturated rings. The van der Waals surface area contributed by atoms with E-state index in [4.69, 9.17) is 10.5 Å². The van der Waals surface area contributed by atoms with Crippen LogP contribution in [0.4, 0.5) is 5.69 Å². The number of hydrogen-bond donors (Lipinski definition) is 2. The fourth-order valence-corrected chi connectivity index (χ4v) is 4.79. The lowest BCUT2D eigenvalue weighted by Crippen LogP contribution is -2.41. The van der Waals surface area contributed by atoms with Crippen LogP contribution >= 0.6 is 12.4 Å². The number of halogens is 1. The Morgan fingerprint density at radius 1 is 1.23 bits per heavy atom. The molecule has 124 valence electrons. The lowest BCUT2D eigenvalue weighted by Gasteiger charge is -2.29. The van der Waals surface area contributed by atoms with Crippen LogP contribution in [0.1, 0.15) is 42.9 Å². The van der Waals surface area contributed by atoms with Crippen molar-refractivity contribution >= 4 is 28.1 Å². The lowest BCUT2D eigenvalue weighted by molar-refractivity contribution is 0.0987. The predicted octanol–water partition coefficient (Wildman–Crippen LogP) is 2.17. The van der Waals surface area contributed by atoms with Gasteiger partial charge in [-0.1, -0.05) is 6.07 Å². The Kier molecular flexibility index (Phi) is 5.71. The van der Waals surface area contributed by atoms with Gasteiger partial charge in [-0.05, 0) is 55.4 Å². The number of sulfonamides is 1. The van der Waals surface area contributed by atoms with E-state index in [1.165, 1.54) is 0 Å². The van der Waals surface area contributed by atoms with Crippen molar-refractivity contribution in [1.29, 1.82) is 0 Å². The number of benzene rings is 1. The number of rotatable bonds is 3. The van der Waals surface area contributed by atoms with E-state index in [9.17, 15) is 8.42 Å². The van der Waals surface area contributed by atoms with Gasteiger partial charge in [-0.2, -0.15) is 0 Å². The van der Waals surface area contributed by atoms with E-state index in [2.05, 4.69) is 4.72 Å². The van der Waals surface area contributed by atoms with Crippen LogP contribution in [0.15, 0.2) is 18.2 Å². The smallest absolute Gasteiger partial charge is 0.217 e. The summed E-state index contributed by atoms with van der Waals surface area (Å²) in [6.45, 7) is 0.966. The SMILES string of the molecule is Cl.Nc1ccc2c(c1)CCCC2NS(=O)(=O)C1CCCOC1. The number of nitrogens with two attached hydrogens (primary N) is 1. The highest BCUT2D eigenvalue weighted by Crippen LogP contribution is 2.32. The van der Waals surface area contributed by atoms with Crippen LogP contribution in [-0.4, -0.2) is 26.9 Å². The summed E-state index contributed by atoms with van der Waals surface area (Å²) in [6, 6.07) is 5.62. The maximum Gasteiger partial charge on any atom is 0.217 e. The number of anilines is 1. The van der Waals surface area contributed by atoms with E-state index in [0.717, 1.165) is 42.5 Å². The number of hydrogen-bond acceptors (Lipinski definition) is 4. The topological polar surface area (TPSA) is 81.4 Å². The van der Waals surface area contributed by atoms with Crippen LogP contribution in [-0.2, 0) is 21.2 Å². The average Bonchev–Trinajstić information content (AvgIpc) is 2.48. The summed E-state index contributed by atoms with van der Waals surface area (Å²) < 4.78 is 33.2. The van der Waals surface area contributed by atoms with Crippen LogP contribution in [0.25, 0.3) is 0 Å². The molecule has 1 aromatic rings. The summed E-state index contributed by atoms with van der Waals surface area (Å²) in [5.41, 5.74) is 8.78. The molecule has 2 aliphatic rings. The third-order valence-electron chi connectivity index (χ3n) is 4.35. The van der Waals surface area contributed by atoms with Gasteiger partial charge in [0, 0.05) is 18.3 Å². The van der Waals surface area contributed by atoms with Crippen molar-refractivity contribution in [2.24, 2.45) is 0 Å². The largest absolute Gasteiger partial charge is 0.399 e. The van der Waals surface area contributed by atoms with Crippen LogP contribution in [0.3, 0.4) is 0 Å². The van der Waals surface area contributed by atoms with E-state index in [-0.39, 0.29) is 18.4 Å². The molecule has 0 aromatic heterocycles.